The van der Waals surface area contributed by atoms with Gasteiger partial charge in [0.15, 0.2) is 18.1 Å². The number of carbonyl (C=O) groups excluding carboxylic acids is 2. The Hall–Kier alpha value is -3.73. The Morgan fingerprint density at radius 2 is 1.77 bits per heavy atom. The summed E-state index contributed by atoms with van der Waals surface area (Å²) in [6.07, 6.45) is 0.827. The van der Waals surface area contributed by atoms with Gasteiger partial charge in [0.05, 0.1) is 25.9 Å². The van der Waals surface area contributed by atoms with Gasteiger partial charge in [-0.1, -0.05) is 0 Å². The third-order valence-electron chi connectivity index (χ3n) is 5.13. The summed E-state index contributed by atoms with van der Waals surface area (Å²) in [5, 5.41) is 8.97. The maximum atomic E-state index is 13.1. The number of amides is 1. The average Bonchev–Trinajstić information content (AvgIpc) is 3.08. The SMILES string of the molecule is COC(=O)COc1cc(C(=O)N2CCCN(c3ccc(C#N)cc3)CC2)ccc1OC. The Bertz CT molecular complexity index is 968. The number of methoxy groups -OCH3 is 2. The second-order valence-corrected chi connectivity index (χ2v) is 7.02. The van der Waals surface area contributed by atoms with E-state index in [-0.39, 0.29) is 12.5 Å². The quantitative estimate of drug-likeness (QED) is 0.659. The molecule has 162 valence electrons. The molecule has 2 aromatic rings. The molecule has 8 heteroatoms. The summed E-state index contributed by atoms with van der Waals surface area (Å²) in [5.41, 5.74) is 2.13. The van der Waals surface area contributed by atoms with E-state index in [0.29, 0.717) is 42.3 Å². The maximum Gasteiger partial charge on any atom is 0.343 e. The van der Waals surface area contributed by atoms with Crippen LogP contribution >= 0.6 is 0 Å². The van der Waals surface area contributed by atoms with Gasteiger partial charge >= 0.3 is 5.97 Å². The molecule has 1 amide bonds. The summed E-state index contributed by atoms with van der Waals surface area (Å²) in [4.78, 5) is 28.5. The van der Waals surface area contributed by atoms with Crippen molar-refractivity contribution in [1.82, 2.24) is 4.90 Å². The van der Waals surface area contributed by atoms with Crippen molar-refractivity contribution < 1.29 is 23.8 Å². The zero-order valence-electron chi connectivity index (χ0n) is 17.7. The van der Waals surface area contributed by atoms with Gasteiger partial charge in [-0.15, -0.1) is 0 Å². The molecule has 0 atom stereocenters. The van der Waals surface area contributed by atoms with Crippen LogP contribution in [0.4, 0.5) is 5.69 Å². The highest BCUT2D eigenvalue weighted by molar-refractivity contribution is 5.95. The average molecular weight is 423 g/mol. The van der Waals surface area contributed by atoms with Gasteiger partial charge in [0.1, 0.15) is 0 Å². The molecule has 0 N–H and O–H groups in total. The monoisotopic (exact) mass is 423 g/mol. The Morgan fingerprint density at radius 1 is 1.00 bits per heavy atom. The molecule has 1 saturated heterocycles. The minimum atomic E-state index is -0.519. The molecule has 1 fully saturated rings. The summed E-state index contributed by atoms with van der Waals surface area (Å²) in [6.45, 7) is 2.46. The van der Waals surface area contributed by atoms with Crippen LogP contribution in [0.2, 0.25) is 0 Å². The molecule has 8 nitrogen and oxygen atoms in total. The fourth-order valence-electron chi connectivity index (χ4n) is 3.43. The van der Waals surface area contributed by atoms with Gasteiger partial charge in [0.2, 0.25) is 0 Å². The third-order valence-corrected chi connectivity index (χ3v) is 5.13. The highest BCUT2D eigenvalue weighted by atomic mass is 16.6. The van der Waals surface area contributed by atoms with Crippen LogP contribution in [0.3, 0.4) is 0 Å². The molecule has 2 aromatic carbocycles. The summed E-state index contributed by atoms with van der Waals surface area (Å²) in [7, 11) is 2.78. The molecule has 31 heavy (non-hydrogen) atoms. The number of rotatable bonds is 6. The molecule has 0 unspecified atom stereocenters. The zero-order valence-corrected chi connectivity index (χ0v) is 17.7. The molecule has 0 aliphatic carbocycles. The molecule has 1 aliphatic heterocycles. The largest absolute Gasteiger partial charge is 0.493 e. The van der Waals surface area contributed by atoms with Gasteiger partial charge in [0, 0.05) is 37.4 Å². The molecule has 1 heterocycles. The lowest BCUT2D eigenvalue weighted by Gasteiger charge is -2.24. The number of ether oxygens (including phenoxy) is 3. The fourth-order valence-corrected chi connectivity index (χ4v) is 3.43. The minimum Gasteiger partial charge on any atom is -0.493 e. The van der Waals surface area contributed by atoms with Crippen molar-refractivity contribution in [2.45, 2.75) is 6.42 Å². The van der Waals surface area contributed by atoms with Crippen molar-refractivity contribution in [3.05, 3.63) is 53.6 Å². The van der Waals surface area contributed by atoms with E-state index < -0.39 is 5.97 Å². The van der Waals surface area contributed by atoms with E-state index in [1.165, 1.54) is 14.2 Å². The molecule has 1 aliphatic rings. The van der Waals surface area contributed by atoms with E-state index in [1.807, 2.05) is 17.0 Å². The lowest BCUT2D eigenvalue weighted by atomic mass is 10.1. The van der Waals surface area contributed by atoms with E-state index in [9.17, 15) is 9.59 Å². The predicted molar refractivity (Wildman–Crippen MR) is 114 cm³/mol. The van der Waals surface area contributed by atoms with E-state index in [2.05, 4.69) is 15.7 Å². The standard InChI is InChI=1S/C23H25N3O5/c1-29-20-9-6-18(14-21(20)31-16-22(27)30-2)23(28)26-11-3-10-25(12-13-26)19-7-4-17(15-24)5-8-19/h4-9,14H,3,10-13,16H2,1-2H3. The second-order valence-electron chi connectivity index (χ2n) is 7.02. The van der Waals surface area contributed by atoms with Gasteiger partial charge < -0.3 is 24.0 Å². The highest BCUT2D eigenvalue weighted by Gasteiger charge is 2.22. The van der Waals surface area contributed by atoms with Crippen LogP contribution in [0.1, 0.15) is 22.3 Å². The predicted octanol–water partition coefficient (Wildman–Crippen LogP) is 2.47. The van der Waals surface area contributed by atoms with Crippen LogP contribution in [0.25, 0.3) is 0 Å². The number of esters is 1. The van der Waals surface area contributed by atoms with Gasteiger partial charge in [-0.3, -0.25) is 4.79 Å². The van der Waals surface area contributed by atoms with Crippen molar-refractivity contribution in [3.8, 4) is 17.6 Å². The lowest BCUT2D eigenvalue weighted by molar-refractivity contribution is -0.142. The molecule has 0 radical (unpaired) electrons. The van der Waals surface area contributed by atoms with E-state index in [1.54, 1.807) is 30.3 Å². The van der Waals surface area contributed by atoms with Gasteiger partial charge in [-0.2, -0.15) is 5.26 Å². The second kappa shape index (κ2) is 10.3. The summed E-state index contributed by atoms with van der Waals surface area (Å²) >= 11 is 0. The molecule has 0 bridgehead atoms. The Kier molecular flexibility index (Phi) is 7.33. The van der Waals surface area contributed by atoms with Crippen LogP contribution in [0.15, 0.2) is 42.5 Å². The Morgan fingerprint density at radius 3 is 2.45 bits per heavy atom. The molecule has 0 saturated carbocycles. The molecule has 0 spiro atoms. The van der Waals surface area contributed by atoms with Crippen molar-refractivity contribution in [3.63, 3.8) is 0 Å². The number of anilines is 1. The lowest BCUT2D eigenvalue weighted by Crippen LogP contribution is -2.35. The first-order valence-electron chi connectivity index (χ1n) is 9.97. The topological polar surface area (TPSA) is 92.1 Å². The van der Waals surface area contributed by atoms with Crippen LogP contribution in [0.5, 0.6) is 11.5 Å². The Labute approximate surface area is 181 Å². The Balaban J connectivity index is 1.69. The van der Waals surface area contributed by atoms with Crippen molar-refractivity contribution in [2.75, 3.05) is 51.9 Å². The molecular formula is C23H25N3O5. The van der Waals surface area contributed by atoms with Crippen molar-refractivity contribution in [2.24, 2.45) is 0 Å². The first-order chi connectivity index (χ1) is 15.0. The summed E-state index contributed by atoms with van der Waals surface area (Å²) in [5.74, 6) is 0.123. The van der Waals surface area contributed by atoms with E-state index in [0.717, 1.165) is 18.7 Å². The number of carbonyl (C=O) groups is 2. The summed E-state index contributed by atoms with van der Waals surface area (Å²) < 4.78 is 15.3. The first kappa shape index (κ1) is 22.0. The van der Waals surface area contributed by atoms with Crippen LogP contribution < -0.4 is 14.4 Å². The zero-order chi connectivity index (χ0) is 22.2. The van der Waals surface area contributed by atoms with Crippen LogP contribution in [-0.2, 0) is 9.53 Å². The highest BCUT2D eigenvalue weighted by Crippen LogP contribution is 2.29. The van der Waals surface area contributed by atoms with Crippen molar-refractivity contribution in [1.29, 1.82) is 5.26 Å². The van der Waals surface area contributed by atoms with Crippen molar-refractivity contribution >= 4 is 17.6 Å². The maximum absolute atomic E-state index is 13.1. The normalized spacial score (nSPS) is 13.7. The third kappa shape index (κ3) is 5.45. The molecule has 0 aromatic heterocycles. The van der Waals surface area contributed by atoms with Gasteiger partial charge in [-0.25, -0.2) is 4.79 Å². The minimum absolute atomic E-state index is 0.104. The van der Waals surface area contributed by atoms with Gasteiger partial charge in [-0.05, 0) is 48.9 Å². The van der Waals surface area contributed by atoms with E-state index >= 15 is 0 Å². The first-order valence-corrected chi connectivity index (χ1v) is 9.97. The summed E-state index contributed by atoms with van der Waals surface area (Å²) in [6, 6.07) is 14.5. The molecule has 3 rings (SSSR count). The fraction of sp³-hybridized carbons (Fsp3) is 0.348. The number of hydrogen-bond donors (Lipinski definition) is 0. The van der Waals surface area contributed by atoms with E-state index in [4.69, 9.17) is 14.7 Å². The number of nitriles is 1. The molecular weight excluding hydrogens is 398 g/mol. The number of benzene rings is 2. The van der Waals surface area contributed by atoms with Crippen LogP contribution in [-0.4, -0.2) is 63.8 Å². The number of hydrogen-bond acceptors (Lipinski definition) is 7. The van der Waals surface area contributed by atoms with Gasteiger partial charge in [0.25, 0.3) is 5.91 Å². The number of nitrogens with zero attached hydrogens (tertiary/aromatic N) is 3. The smallest absolute Gasteiger partial charge is 0.343 e. The van der Waals surface area contributed by atoms with Crippen LogP contribution in [0, 0.1) is 11.3 Å².